The number of thiophene rings is 1. The number of nitrogens with zero attached hydrogens (tertiary/aromatic N) is 2. The molecule has 4 rings (SSSR count). The molecule has 0 bridgehead atoms. The van der Waals surface area contributed by atoms with Gasteiger partial charge in [0.1, 0.15) is 5.75 Å². The molecule has 1 atom stereocenters. The number of hydrogen-bond acceptors (Lipinski definition) is 6. The second kappa shape index (κ2) is 12.4. The summed E-state index contributed by atoms with van der Waals surface area (Å²) >= 11 is 1.81. The quantitative estimate of drug-likeness (QED) is 0.615. The first-order chi connectivity index (χ1) is 14.8. The summed E-state index contributed by atoms with van der Waals surface area (Å²) in [5, 5.41) is 5.76. The fourth-order valence-electron chi connectivity index (χ4n) is 4.11. The van der Waals surface area contributed by atoms with E-state index in [1.165, 1.54) is 4.88 Å². The molecule has 0 radical (unpaired) electrons. The van der Waals surface area contributed by atoms with Gasteiger partial charge in [0.05, 0.1) is 19.3 Å². The van der Waals surface area contributed by atoms with Crippen molar-refractivity contribution in [1.82, 2.24) is 15.1 Å². The van der Waals surface area contributed by atoms with Crippen LogP contribution in [0.2, 0.25) is 0 Å². The van der Waals surface area contributed by atoms with Crippen LogP contribution in [0.15, 0.2) is 41.8 Å². The maximum absolute atomic E-state index is 12.3. The number of benzene rings is 1. The molecule has 8 heteroatoms. The average molecular weight is 466 g/mol. The zero-order valence-corrected chi connectivity index (χ0v) is 19.5. The lowest BCUT2D eigenvalue weighted by Crippen LogP contribution is -2.42. The number of para-hydroxylation sites is 1. The van der Waals surface area contributed by atoms with Crippen molar-refractivity contribution in [2.45, 2.75) is 25.4 Å². The van der Waals surface area contributed by atoms with Crippen LogP contribution in [-0.4, -0.2) is 68.3 Å². The van der Waals surface area contributed by atoms with Gasteiger partial charge in [-0.05, 0) is 30.4 Å². The van der Waals surface area contributed by atoms with Crippen LogP contribution in [0.1, 0.15) is 29.3 Å². The topological polar surface area (TPSA) is 54.0 Å². The zero-order valence-electron chi connectivity index (χ0n) is 17.8. The molecule has 2 aromatic rings. The summed E-state index contributed by atoms with van der Waals surface area (Å²) in [6.45, 7) is 6.91. The smallest absolute Gasteiger partial charge is 0.260 e. The number of carbonyl (C=O) groups excluding carboxylic acids is 1. The van der Waals surface area contributed by atoms with E-state index in [0.717, 1.165) is 70.1 Å². The van der Waals surface area contributed by atoms with Crippen LogP contribution >= 0.6 is 23.7 Å². The highest BCUT2D eigenvalue weighted by molar-refractivity contribution is 7.10. The minimum Gasteiger partial charge on any atom is -0.483 e. The van der Waals surface area contributed by atoms with E-state index >= 15 is 0 Å². The molecule has 6 nitrogen and oxygen atoms in total. The van der Waals surface area contributed by atoms with E-state index in [2.05, 4.69) is 33.8 Å². The molecule has 31 heavy (non-hydrogen) atoms. The largest absolute Gasteiger partial charge is 0.483 e. The van der Waals surface area contributed by atoms with Crippen molar-refractivity contribution < 1.29 is 14.3 Å². The van der Waals surface area contributed by atoms with Gasteiger partial charge < -0.3 is 19.7 Å². The van der Waals surface area contributed by atoms with Gasteiger partial charge in [-0.2, -0.15) is 0 Å². The number of rotatable bonds is 9. The van der Waals surface area contributed by atoms with Crippen molar-refractivity contribution in [3.63, 3.8) is 0 Å². The van der Waals surface area contributed by atoms with Crippen LogP contribution in [0, 0.1) is 0 Å². The fraction of sp³-hybridized carbons (Fsp3) is 0.522. The highest BCUT2D eigenvalue weighted by atomic mass is 35.5. The van der Waals surface area contributed by atoms with Crippen LogP contribution in [0.5, 0.6) is 5.75 Å². The van der Waals surface area contributed by atoms with Crippen molar-refractivity contribution in [3.05, 3.63) is 52.2 Å². The minimum absolute atomic E-state index is 0. The molecule has 1 N–H and O–H groups in total. The van der Waals surface area contributed by atoms with Gasteiger partial charge in [0, 0.05) is 49.7 Å². The third-order valence-corrected chi connectivity index (χ3v) is 6.77. The Hall–Kier alpha value is -1.64. The molecule has 1 aromatic carbocycles. The number of ether oxygens (including phenoxy) is 2. The third kappa shape index (κ3) is 6.67. The van der Waals surface area contributed by atoms with Gasteiger partial charge in [-0.25, -0.2) is 0 Å². The van der Waals surface area contributed by atoms with Crippen molar-refractivity contribution in [2.75, 3.05) is 52.5 Å². The second-order valence-corrected chi connectivity index (χ2v) is 8.77. The lowest BCUT2D eigenvalue weighted by molar-refractivity contribution is -0.132. The standard InChI is InChI=1S/C23H31N3O3S.ClH/c27-23(26-9-3-4-10-26)18-29-21-7-2-1-6-19(21)16-24-17-20(22-8-5-15-30-22)25-11-13-28-14-12-25;/h1-2,5-8,15,20,24H,3-4,9-14,16-18H2;1H. The van der Waals surface area contributed by atoms with E-state index in [4.69, 9.17) is 9.47 Å². The lowest BCUT2D eigenvalue weighted by Gasteiger charge is -2.34. The van der Waals surface area contributed by atoms with Gasteiger partial charge in [0.2, 0.25) is 0 Å². The molecule has 2 saturated heterocycles. The summed E-state index contributed by atoms with van der Waals surface area (Å²) in [5.74, 6) is 0.872. The lowest BCUT2D eigenvalue weighted by atomic mass is 10.1. The highest BCUT2D eigenvalue weighted by Crippen LogP contribution is 2.26. The molecule has 0 spiro atoms. The van der Waals surface area contributed by atoms with Crippen LogP contribution in [0.3, 0.4) is 0 Å². The first kappa shape index (κ1) is 24.0. The normalized spacial score (nSPS) is 17.9. The molecule has 170 valence electrons. The number of hydrogen-bond donors (Lipinski definition) is 1. The van der Waals surface area contributed by atoms with Crippen molar-refractivity contribution >= 4 is 29.7 Å². The summed E-state index contributed by atoms with van der Waals surface area (Å²) < 4.78 is 11.4. The van der Waals surface area contributed by atoms with Crippen LogP contribution in [0.25, 0.3) is 0 Å². The summed E-state index contributed by atoms with van der Waals surface area (Å²) in [6, 6.07) is 12.7. The summed E-state index contributed by atoms with van der Waals surface area (Å²) in [6.07, 6.45) is 2.20. The average Bonchev–Trinajstić information content (AvgIpc) is 3.51. The fourth-order valence-corrected chi connectivity index (χ4v) is 4.97. The molecular formula is C23H32ClN3O3S. The van der Waals surface area contributed by atoms with Crippen LogP contribution in [0.4, 0.5) is 0 Å². The Balaban J connectivity index is 0.00000272. The number of carbonyl (C=O) groups is 1. The van der Waals surface area contributed by atoms with E-state index < -0.39 is 0 Å². The molecule has 1 amide bonds. The van der Waals surface area contributed by atoms with Gasteiger partial charge in [0.25, 0.3) is 5.91 Å². The predicted octanol–water partition coefficient (Wildman–Crippen LogP) is 3.33. The molecule has 1 aromatic heterocycles. The van der Waals surface area contributed by atoms with Crippen molar-refractivity contribution in [1.29, 1.82) is 0 Å². The molecule has 1 unspecified atom stereocenters. The van der Waals surface area contributed by atoms with Crippen LogP contribution < -0.4 is 10.1 Å². The first-order valence-corrected chi connectivity index (χ1v) is 11.7. The van der Waals surface area contributed by atoms with E-state index in [0.29, 0.717) is 12.6 Å². The Morgan fingerprint density at radius 3 is 2.61 bits per heavy atom. The zero-order chi connectivity index (χ0) is 20.6. The van der Waals surface area contributed by atoms with Crippen LogP contribution in [-0.2, 0) is 16.1 Å². The van der Waals surface area contributed by atoms with Gasteiger partial charge in [-0.1, -0.05) is 24.3 Å². The number of likely N-dealkylation sites (tertiary alicyclic amines) is 1. The van der Waals surface area contributed by atoms with E-state index in [-0.39, 0.29) is 24.9 Å². The molecule has 0 saturated carbocycles. The Labute approximate surface area is 194 Å². The monoisotopic (exact) mass is 465 g/mol. The maximum atomic E-state index is 12.3. The highest BCUT2D eigenvalue weighted by Gasteiger charge is 2.23. The van der Waals surface area contributed by atoms with Gasteiger partial charge in [0.15, 0.2) is 6.61 Å². The first-order valence-electron chi connectivity index (χ1n) is 10.9. The Bertz CT molecular complexity index is 793. The van der Waals surface area contributed by atoms with E-state index in [1.807, 2.05) is 34.4 Å². The summed E-state index contributed by atoms with van der Waals surface area (Å²) in [7, 11) is 0. The number of halogens is 1. The molecular weight excluding hydrogens is 434 g/mol. The van der Waals surface area contributed by atoms with Gasteiger partial charge in [-0.15, -0.1) is 23.7 Å². The summed E-state index contributed by atoms with van der Waals surface area (Å²) in [4.78, 5) is 18.1. The third-order valence-electron chi connectivity index (χ3n) is 5.79. The SMILES string of the molecule is Cl.O=C(COc1ccccc1CNCC(c1cccs1)N1CCOCC1)N1CCCC1. The Kier molecular flexibility index (Phi) is 9.61. The Morgan fingerprint density at radius 2 is 1.87 bits per heavy atom. The number of nitrogens with one attached hydrogen (secondary N) is 1. The van der Waals surface area contributed by atoms with E-state index in [9.17, 15) is 4.79 Å². The maximum Gasteiger partial charge on any atom is 0.260 e. The second-order valence-electron chi connectivity index (χ2n) is 7.79. The Morgan fingerprint density at radius 1 is 1.10 bits per heavy atom. The van der Waals surface area contributed by atoms with E-state index in [1.54, 1.807) is 0 Å². The molecule has 3 heterocycles. The van der Waals surface area contributed by atoms with Crippen molar-refractivity contribution in [2.24, 2.45) is 0 Å². The minimum atomic E-state index is 0. The molecule has 0 aliphatic carbocycles. The predicted molar refractivity (Wildman–Crippen MR) is 126 cm³/mol. The number of amides is 1. The molecule has 2 aliphatic heterocycles. The summed E-state index contributed by atoms with van der Waals surface area (Å²) in [5.41, 5.74) is 1.08. The molecule has 2 aliphatic rings. The van der Waals surface area contributed by atoms with Gasteiger partial charge in [-0.3, -0.25) is 9.69 Å². The molecule has 2 fully saturated rings. The van der Waals surface area contributed by atoms with Crippen molar-refractivity contribution in [3.8, 4) is 5.75 Å². The number of morpholine rings is 1. The van der Waals surface area contributed by atoms with Gasteiger partial charge >= 0.3 is 0 Å².